The molecule has 1 fully saturated rings. The largest absolute Gasteiger partial charge is 0.336 e. The van der Waals surface area contributed by atoms with Crippen LogP contribution < -0.4 is 5.56 Å². The summed E-state index contributed by atoms with van der Waals surface area (Å²) in [5.41, 5.74) is 1.96. The van der Waals surface area contributed by atoms with Crippen LogP contribution in [0.15, 0.2) is 23.0 Å². The SMILES string of the molecule is Cc1ccc(C(=O)N2CCN(Cc3nc4sc5c(c4c(=O)[nH]3)CCCC5)CC2)cc1[N+](=O)[O-]. The lowest BCUT2D eigenvalue weighted by Gasteiger charge is -2.34. The van der Waals surface area contributed by atoms with Crippen LogP contribution in [0.1, 0.15) is 45.0 Å². The number of aromatic nitrogens is 2. The molecule has 1 aliphatic heterocycles. The third-order valence-corrected chi connectivity index (χ3v) is 7.75. The molecule has 10 heteroatoms. The molecule has 2 aromatic heterocycles. The molecule has 3 aromatic rings. The van der Waals surface area contributed by atoms with E-state index in [2.05, 4.69) is 9.88 Å². The summed E-state index contributed by atoms with van der Waals surface area (Å²) < 4.78 is 0. The molecule has 5 rings (SSSR count). The predicted molar refractivity (Wildman–Crippen MR) is 126 cm³/mol. The summed E-state index contributed by atoms with van der Waals surface area (Å²) in [7, 11) is 0. The first-order valence-electron chi connectivity index (χ1n) is 11.2. The number of rotatable bonds is 4. The number of nitro benzene ring substituents is 1. The molecular weight excluding hydrogens is 442 g/mol. The van der Waals surface area contributed by atoms with Crippen LogP contribution in [0.5, 0.6) is 0 Å². The van der Waals surface area contributed by atoms with Gasteiger partial charge in [-0.2, -0.15) is 0 Å². The summed E-state index contributed by atoms with van der Waals surface area (Å²) in [5.74, 6) is 0.454. The smallest absolute Gasteiger partial charge is 0.273 e. The van der Waals surface area contributed by atoms with Crippen LogP contribution in [0.3, 0.4) is 0 Å². The average molecular weight is 468 g/mol. The van der Waals surface area contributed by atoms with Crippen LogP contribution in [-0.2, 0) is 19.4 Å². The number of hydrogen-bond acceptors (Lipinski definition) is 7. The van der Waals surface area contributed by atoms with Gasteiger partial charge in [-0.1, -0.05) is 6.07 Å². The van der Waals surface area contributed by atoms with E-state index in [-0.39, 0.29) is 17.2 Å². The second kappa shape index (κ2) is 8.68. The molecule has 1 saturated heterocycles. The Morgan fingerprint density at radius 3 is 2.73 bits per heavy atom. The van der Waals surface area contributed by atoms with Gasteiger partial charge >= 0.3 is 0 Å². The van der Waals surface area contributed by atoms with Gasteiger partial charge in [-0.25, -0.2) is 4.98 Å². The molecule has 0 atom stereocenters. The Morgan fingerprint density at radius 2 is 1.97 bits per heavy atom. The minimum Gasteiger partial charge on any atom is -0.336 e. The van der Waals surface area contributed by atoms with Crippen molar-refractivity contribution in [1.82, 2.24) is 19.8 Å². The standard InChI is InChI=1S/C23H25N5O4S/c1-14-6-7-15(12-17(14)28(31)32)23(30)27-10-8-26(9-11-27)13-19-24-21(29)20-16-4-2-3-5-18(16)33-22(20)25-19/h6-7,12H,2-5,8-11,13H2,1H3,(H,24,25,29). The number of nitro groups is 1. The van der Waals surface area contributed by atoms with Gasteiger partial charge in [0.2, 0.25) is 0 Å². The molecule has 0 unspecified atom stereocenters. The van der Waals surface area contributed by atoms with Crippen molar-refractivity contribution in [1.29, 1.82) is 0 Å². The highest BCUT2D eigenvalue weighted by Crippen LogP contribution is 2.33. The summed E-state index contributed by atoms with van der Waals surface area (Å²) in [5, 5.41) is 12.0. The molecular formula is C23H25N5O4S. The summed E-state index contributed by atoms with van der Waals surface area (Å²) >= 11 is 1.65. The highest BCUT2D eigenvalue weighted by atomic mass is 32.1. The van der Waals surface area contributed by atoms with E-state index in [9.17, 15) is 19.7 Å². The van der Waals surface area contributed by atoms with Crippen molar-refractivity contribution in [3.63, 3.8) is 0 Å². The first kappa shape index (κ1) is 21.7. The maximum absolute atomic E-state index is 12.9. The molecule has 33 heavy (non-hydrogen) atoms. The molecule has 0 spiro atoms. The number of aromatic amines is 1. The summed E-state index contributed by atoms with van der Waals surface area (Å²) in [6, 6.07) is 4.61. The van der Waals surface area contributed by atoms with Crippen LogP contribution >= 0.6 is 11.3 Å². The zero-order valence-corrected chi connectivity index (χ0v) is 19.2. The highest BCUT2D eigenvalue weighted by molar-refractivity contribution is 7.18. The van der Waals surface area contributed by atoms with Gasteiger partial charge in [0.25, 0.3) is 17.2 Å². The molecule has 0 bridgehead atoms. The van der Waals surface area contributed by atoms with Crippen molar-refractivity contribution < 1.29 is 9.72 Å². The fourth-order valence-corrected chi connectivity index (χ4v) is 6.01. The summed E-state index contributed by atoms with van der Waals surface area (Å²) in [6.07, 6.45) is 4.29. The minimum absolute atomic E-state index is 0.0415. The number of nitrogens with zero attached hydrogens (tertiary/aromatic N) is 4. The van der Waals surface area contributed by atoms with Crippen molar-refractivity contribution in [3.8, 4) is 0 Å². The van der Waals surface area contributed by atoms with Crippen LogP contribution in [0.25, 0.3) is 10.2 Å². The first-order valence-corrected chi connectivity index (χ1v) is 12.0. The lowest BCUT2D eigenvalue weighted by atomic mass is 9.97. The zero-order chi connectivity index (χ0) is 23.1. The van der Waals surface area contributed by atoms with E-state index in [0.29, 0.717) is 49.7 Å². The van der Waals surface area contributed by atoms with E-state index in [4.69, 9.17) is 4.98 Å². The van der Waals surface area contributed by atoms with Gasteiger partial charge in [0.1, 0.15) is 10.7 Å². The van der Waals surface area contributed by atoms with E-state index in [0.717, 1.165) is 29.5 Å². The molecule has 9 nitrogen and oxygen atoms in total. The van der Waals surface area contributed by atoms with Crippen molar-refractivity contribution >= 4 is 33.1 Å². The quantitative estimate of drug-likeness (QED) is 0.466. The Labute approximate surface area is 194 Å². The third kappa shape index (κ3) is 4.16. The molecule has 172 valence electrons. The highest BCUT2D eigenvalue weighted by Gasteiger charge is 2.25. The van der Waals surface area contributed by atoms with Crippen molar-refractivity contribution in [2.45, 2.75) is 39.2 Å². The van der Waals surface area contributed by atoms with Gasteiger partial charge in [-0.15, -0.1) is 11.3 Å². The lowest BCUT2D eigenvalue weighted by Crippen LogP contribution is -2.48. The summed E-state index contributed by atoms with van der Waals surface area (Å²) in [4.78, 5) is 50.1. The van der Waals surface area contributed by atoms with Gasteiger partial charge in [0, 0.05) is 48.2 Å². The number of aryl methyl sites for hydroxylation is 3. The number of piperazine rings is 1. The minimum atomic E-state index is -0.460. The fraction of sp³-hybridized carbons (Fsp3) is 0.435. The summed E-state index contributed by atoms with van der Waals surface area (Å²) in [6.45, 7) is 4.49. The van der Waals surface area contributed by atoms with E-state index >= 15 is 0 Å². The lowest BCUT2D eigenvalue weighted by molar-refractivity contribution is -0.385. The third-order valence-electron chi connectivity index (χ3n) is 6.56. The van der Waals surface area contributed by atoms with Crippen LogP contribution in [0, 0.1) is 17.0 Å². The average Bonchev–Trinajstić information content (AvgIpc) is 3.18. The van der Waals surface area contributed by atoms with Crippen molar-refractivity contribution in [2.75, 3.05) is 26.2 Å². The molecule has 1 amide bonds. The Balaban J connectivity index is 1.26. The zero-order valence-electron chi connectivity index (χ0n) is 18.4. The number of H-pyrrole nitrogens is 1. The maximum Gasteiger partial charge on any atom is 0.273 e. The van der Waals surface area contributed by atoms with Gasteiger partial charge in [-0.3, -0.25) is 24.6 Å². The molecule has 0 saturated carbocycles. The second-order valence-corrected chi connectivity index (χ2v) is 9.81. The van der Waals surface area contributed by atoms with E-state index in [1.807, 2.05) is 0 Å². The molecule has 1 aliphatic carbocycles. The number of nitrogens with one attached hydrogen (secondary N) is 1. The number of amides is 1. The number of hydrogen-bond donors (Lipinski definition) is 1. The number of fused-ring (bicyclic) bond motifs is 3. The van der Waals surface area contributed by atoms with E-state index in [1.54, 1.807) is 35.3 Å². The predicted octanol–water partition coefficient (Wildman–Crippen LogP) is 3.04. The van der Waals surface area contributed by atoms with Crippen molar-refractivity contribution in [2.24, 2.45) is 0 Å². The second-order valence-electron chi connectivity index (χ2n) is 8.73. The van der Waals surface area contributed by atoms with Crippen LogP contribution in [-0.4, -0.2) is 56.8 Å². The number of carbonyl (C=O) groups excluding carboxylic acids is 1. The fourth-order valence-electron chi connectivity index (χ4n) is 4.73. The van der Waals surface area contributed by atoms with Crippen LogP contribution in [0.2, 0.25) is 0 Å². The topological polar surface area (TPSA) is 112 Å². The Morgan fingerprint density at radius 1 is 1.21 bits per heavy atom. The van der Waals surface area contributed by atoms with Gasteiger partial charge in [0.05, 0.1) is 16.9 Å². The van der Waals surface area contributed by atoms with Crippen molar-refractivity contribution in [3.05, 3.63) is 66.1 Å². The maximum atomic E-state index is 12.9. The molecule has 1 N–H and O–H groups in total. The molecule has 2 aliphatic rings. The Kier molecular flexibility index (Phi) is 5.71. The first-order chi connectivity index (χ1) is 15.9. The molecule has 0 radical (unpaired) electrons. The Bertz CT molecular complexity index is 1310. The van der Waals surface area contributed by atoms with Crippen LogP contribution in [0.4, 0.5) is 5.69 Å². The number of carbonyl (C=O) groups is 1. The monoisotopic (exact) mass is 467 g/mol. The van der Waals surface area contributed by atoms with E-state index < -0.39 is 4.92 Å². The van der Waals surface area contributed by atoms with E-state index in [1.165, 1.54) is 22.9 Å². The molecule has 1 aromatic carbocycles. The van der Waals surface area contributed by atoms with Gasteiger partial charge in [0.15, 0.2) is 0 Å². The Hall–Kier alpha value is -3.11. The van der Waals surface area contributed by atoms with Gasteiger partial charge < -0.3 is 9.88 Å². The number of benzene rings is 1. The van der Waals surface area contributed by atoms with Gasteiger partial charge in [-0.05, 0) is 44.2 Å². The normalized spacial score (nSPS) is 16.7. The number of thiophene rings is 1. The molecule has 3 heterocycles.